The number of aromatic nitrogens is 1. The fourth-order valence-corrected chi connectivity index (χ4v) is 5.18. The molecule has 0 spiro atoms. The lowest BCUT2D eigenvalue weighted by Gasteiger charge is -2.27. The molecular weight excluding hydrogens is 419 g/mol. The maximum Gasteiger partial charge on any atom is 0.416 e. The van der Waals surface area contributed by atoms with Gasteiger partial charge in [-0.15, -0.1) is 0 Å². The number of hydrogen-bond donors (Lipinski definition) is 1. The number of anilines is 1. The molecule has 1 aromatic carbocycles. The molecule has 0 radical (unpaired) electrons. The number of alkyl halides is 3. The largest absolute Gasteiger partial charge is 0.416 e. The van der Waals surface area contributed by atoms with Gasteiger partial charge in [0.2, 0.25) is 0 Å². The topological polar surface area (TPSA) is 88.5 Å². The van der Waals surface area contributed by atoms with Gasteiger partial charge in [-0.05, 0) is 24.6 Å². The van der Waals surface area contributed by atoms with Crippen LogP contribution in [0, 0.1) is 5.92 Å². The third-order valence-electron chi connectivity index (χ3n) is 5.23. The predicted molar refractivity (Wildman–Crippen MR) is 107 cm³/mol. The summed E-state index contributed by atoms with van der Waals surface area (Å²) < 4.78 is 61.2. The SMILES string of the molecule is CC1N=Cc2c(-c3ccc(C(F)(F)F)cc3)cnc(NCC3CS(=O)(=O)C3)c2C1=O. The number of aliphatic imine (C=N–C) groups is 1. The zero-order valence-electron chi connectivity index (χ0n) is 15.9. The van der Waals surface area contributed by atoms with Crippen LogP contribution in [-0.2, 0) is 16.0 Å². The molecule has 1 saturated heterocycles. The van der Waals surface area contributed by atoms with Crippen LogP contribution >= 0.6 is 0 Å². The van der Waals surface area contributed by atoms with Gasteiger partial charge in [0, 0.05) is 36.0 Å². The van der Waals surface area contributed by atoms with Crippen molar-refractivity contribution in [2.45, 2.75) is 19.1 Å². The Bertz CT molecular complexity index is 1130. The molecule has 1 unspecified atom stereocenters. The highest BCUT2D eigenvalue weighted by Crippen LogP contribution is 2.34. The van der Waals surface area contributed by atoms with Crippen molar-refractivity contribution in [3.63, 3.8) is 0 Å². The normalized spacial score (nSPS) is 20.5. The van der Waals surface area contributed by atoms with Crippen LogP contribution < -0.4 is 5.32 Å². The summed E-state index contributed by atoms with van der Waals surface area (Å²) in [6.45, 7) is 2.01. The van der Waals surface area contributed by atoms with E-state index in [1.165, 1.54) is 24.5 Å². The molecule has 1 atom stereocenters. The lowest BCUT2D eigenvalue weighted by Crippen LogP contribution is -2.40. The third kappa shape index (κ3) is 3.83. The van der Waals surface area contributed by atoms with Crippen LogP contribution in [0.4, 0.5) is 19.0 Å². The summed E-state index contributed by atoms with van der Waals surface area (Å²) in [4.78, 5) is 21.3. The average molecular weight is 437 g/mol. The van der Waals surface area contributed by atoms with Crippen LogP contribution in [0.3, 0.4) is 0 Å². The van der Waals surface area contributed by atoms with Crippen molar-refractivity contribution in [2.75, 3.05) is 23.4 Å². The molecule has 0 saturated carbocycles. The number of carbonyl (C=O) groups is 1. The van der Waals surface area contributed by atoms with Gasteiger partial charge in [-0.3, -0.25) is 9.79 Å². The van der Waals surface area contributed by atoms with Crippen molar-refractivity contribution >= 4 is 27.7 Å². The van der Waals surface area contributed by atoms with Gasteiger partial charge in [0.1, 0.15) is 11.9 Å². The van der Waals surface area contributed by atoms with E-state index in [1.807, 2.05) is 0 Å². The summed E-state index contributed by atoms with van der Waals surface area (Å²) in [6, 6.07) is 4.03. The van der Waals surface area contributed by atoms with Crippen molar-refractivity contribution < 1.29 is 26.4 Å². The monoisotopic (exact) mass is 437 g/mol. The van der Waals surface area contributed by atoms with Gasteiger partial charge in [-0.25, -0.2) is 13.4 Å². The van der Waals surface area contributed by atoms with E-state index >= 15 is 0 Å². The van der Waals surface area contributed by atoms with Crippen LogP contribution in [0.5, 0.6) is 0 Å². The number of nitrogens with one attached hydrogen (secondary N) is 1. The number of fused-ring (bicyclic) bond motifs is 1. The number of Topliss-reactive ketones (excluding diaryl/α,β-unsaturated/α-hetero) is 1. The fourth-order valence-electron chi connectivity index (χ4n) is 3.60. The van der Waals surface area contributed by atoms with Crippen LogP contribution in [-0.4, -0.2) is 49.5 Å². The van der Waals surface area contributed by atoms with Crippen molar-refractivity contribution in [3.8, 4) is 11.1 Å². The molecule has 30 heavy (non-hydrogen) atoms. The molecule has 1 N–H and O–H groups in total. The van der Waals surface area contributed by atoms with E-state index in [0.29, 0.717) is 34.6 Å². The first kappa shape index (κ1) is 20.5. The van der Waals surface area contributed by atoms with Gasteiger partial charge in [0.15, 0.2) is 15.6 Å². The number of nitrogens with zero attached hydrogens (tertiary/aromatic N) is 2. The molecule has 2 aliphatic heterocycles. The predicted octanol–water partition coefficient (Wildman–Crippen LogP) is 3.23. The minimum atomic E-state index is -4.44. The number of ketones is 1. The van der Waals surface area contributed by atoms with Crippen molar-refractivity contribution in [1.82, 2.24) is 4.98 Å². The zero-order valence-corrected chi connectivity index (χ0v) is 16.7. The summed E-state index contributed by atoms with van der Waals surface area (Å²) in [6.07, 6.45) is -1.42. The summed E-state index contributed by atoms with van der Waals surface area (Å²) in [5.74, 6) is 0.215. The quantitative estimate of drug-likeness (QED) is 0.794. The number of hydrogen-bond acceptors (Lipinski definition) is 6. The molecule has 2 aromatic rings. The Balaban J connectivity index is 1.69. The number of pyridine rings is 1. The first-order valence-corrected chi connectivity index (χ1v) is 11.1. The Morgan fingerprint density at radius 1 is 1.17 bits per heavy atom. The van der Waals surface area contributed by atoms with E-state index in [4.69, 9.17) is 0 Å². The Hall–Kier alpha value is -2.75. The number of benzene rings is 1. The van der Waals surface area contributed by atoms with Gasteiger partial charge >= 0.3 is 6.18 Å². The third-order valence-corrected chi connectivity index (χ3v) is 7.19. The lowest BCUT2D eigenvalue weighted by atomic mass is 9.91. The Kier molecular flexibility index (Phi) is 4.92. The summed E-state index contributed by atoms with van der Waals surface area (Å²) in [5.41, 5.74) is 1.02. The number of carbonyl (C=O) groups excluding carboxylic acids is 1. The molecular formula is C20H18F3N3O3S. The number of halogens is 3. The van der Waals surface area contributed by atoms with Crippen LogP contribution in [0.15, 0.2) is 35.5 Å². The molecule has 1 fully saturated rings. The van der Waals surface area contributed by atoms with Crippen LogP contribution in [0.25, 0.3) is 11.1 Å². The van der Waals surface area contributed by atoms with Gasteiger partial charge in [0.05, 0.1) is 22.6 Å². The van der Waals surface area contributed by atoms with E-state index in [0.717, 1.165) is 12.1 Å². The highest BCUT2D eigenvalue weighted by Gasteiger charge is 2.34. The lowest BCUT2D eigenvalue weighted by molar-refractivity contribution is -0.137. The average Bonchev–Trinajstić information content (AvgIpc) is 2.66. The van der Waals surface area contributed by atoms with Crippen LogP contribution in [0.1, 0.15) is 28.4 Å². The number of sulfone groups is 1. The van der Waals surface area contributed by atoms with Gasteiger partial charge < -0.3 is 5.32 Å². The minimum Gasteiger partial charge on any atom is -0.369 e. The smallest absolute Gasteiger partial charge is 0.369 e. The van der Waals surface area contributed by atoms with Crippen LogP contribution in [0.2, 0.25) is 0 Å². The molecule has 0 bridgehead atoms. The highest BCUT2D eigenvalue weighted by atomic mass is 32.2. The summed E-state index contributed by atoms with van der Waals surface area (Å²) in [7, 11) is -2.96. The molecule has 0 amide bonds. The van der Waals surface area contributed by atoms with Crippen molar-refractivity contribution in [3.05, 3.63) is 47.2 Å². The Labute approximate surface area is 171 Å². The first-order chi connectivity index (χ1) is 14.0. The molecule has 10 heteroatoms. The Morgan fingerprint density at radius 2 is 1.83 bits per heavy atom. The van der Waals surface area contributed by atoms with Gasteiger partial charge in [-0.2, -0.15) is 13.2 Å². The second-order valence-electron chi connectivity index (χ2n) is 7.53. The second-order valence-corrected chi connectivity index (χ2v) is 9.68. The summed E-state index contributed by atoms with van der Waals surface area (Å²) in [5, 5.41) is 3.06. The molecule has 0 aliphatic carbocycles. The van der Waals surface area contributed by atoms with E-state index in [-0.39, 0.29) is 23.2 Å². The molecule has 3 heterocycles. The van der Waals surface area contributed by atoms with Crippen molar-refractivity contribution in [2.24, 2.45) is 10.9 Å². The van der Waals surface area contributed by atoms with E-state index in [2.05, 4.69) is 15.3 Å². The molecule has 4 rings (SSSR count). The minimum absolute atomic E-state index is 0.0492. The van der Waals surface area contributed by atoms with Gasteiger partial charge in [0.25, 0.3) is 0 Å². The molecule has 1 aromatic heterocycles. The highest BCUT2D eigenvalue weighted by molar-refractivity contribution is 7.92. The number of rotatable bonds is 4. The fraction of sp³-hybridized carbons (Fsp3) is 0.350. The zero-order chi connectivity index (χ0) is 21.7. The summed E-state index contributed by atoms with van der Waals surface area (Å²) >= 11 is 0. The standard InChI is InChI=1S/C20H18F3N3O3S/c1-11-18(27)17-16(8-24-11)15(13-2-4-14(5-3-13)20(21,22)23)7-26-19(17)25-6-12-9-30(28,29)10-12/h2-5,7-8,11-12H,6,9-10H2,1H3,(H,25,26). The van der Waals surface area contributed by atoms with Crippen molar-refractivity contribution in [1.29, 1.82) is 0 Å². The maximum absolute atomic E-state index is 12.9. The molecule has 158 valence electrons. The maximum atomic E-state index is 12.9. The van der Waals surface area contributed by atoms with E-state index in [9.17, 15) is 26.4 Å². The Morgan fingerprint density at radius 3 is 2.43 bits per heavy atom. The van der Waals surface area contributed by atoms with Gasteiger partial charge in [-0.1, -0.05) is 12.1 Å². The second kappa shape index (κ2) is 7.19. The molecule has 2 aliphatic rings. The first-order valence-electron chi connectivity index (χ1n) is 9.27. The van der Waals surface area contributed by atoms with E-state index < -0.39 is 27.6 Å². The van der Waals surface area contributed by atoms with E-state index in [1.54, 1.807) is 6.92 Å². The molecule has 6 nitrogen and oxygen atoms in total.